The lowest BCUT2D eigenvalue weighted by Gasteiger charge is -2.14. The second-order valence-corrected chi connectivity index (χ2v) is 9.95. The number of anilines is 1. The zero-order chi connectivity index (χ0) is 18.7. The van der Waals surface area contributed by atoms with Crippen molar-refractivity contribution in [3.05, 3.63) is 53.1 Å². The van der Waals surface area contributed by atoms with Gasteiger partial charge in [-0.15, -0.1) is 11.8 Å². The molecule has 2 aromatic rings. The number of carbonyl (C=O) groups is 1. The fourth-order valence-electron chi connectivity index (χ4n) is 2.76. The third-order valence-corrected chi connectivity index (χ3v) is 7.59. The Morgan fingerprint density at radius 1 is 1.27 bits per heavy atom. The second kappa shape index (κ2) is 7.90. The zero-order valence-electron chi connectivity index (χ0n) is 14.1. The van der Waals surface area contributed by atoms with Crippen molar-refractivity contribution < 1.29 is 17.9 Å². The normalized spacial score (nSPS) is 18.5. The summed E-state index contributed by atoms with van der Waals surface area (Å²) in [5.74, 6) is 0.568. The number of nitrogens with one attached hydrogen (secondary N) is 1. The average Bonchev–Trinajstić information content (AvgIpc) is 2.94. The topological polar surface area (TPSA) is 72.5 Å². The smallest absolute Gasteiger partial charge is 0.256 e. The molecule has 0 unspecified atom stereocenters. The Morgan fingerprint density at radius 3 is 2.73 bits per heavy atom. The summed E-state index contributed by atoms with van der Waals surface area (Å²) in [5.41, 5.74) is 0.970. The molecule has 0 saturated carbocycles. The highest BCUT2D eigenvalue weighted by Crippen LogP contribution is 2.34. The lowest BCUT2D eigenvalue weighted by molar-refractivity contribution is 0.102. The van der Waals surface area contributed by atoms with Crippen molar-refractivity contribution in [2.45, 2.75) is 16.6 Å². The van der Waals surface area contributed by atoms with E-state index in [1.54, 1.807) is 30.3 Å². The summed E-state index contributed by atoms with van der Waals surface area (Å²) in [4.78, 5) is 13.5. The highest BCUT2D eigenvalue weighted by Gasteiger charge is 2.29. The van der Waals surface area contributed by atoms with Crippen LogP contribution < -0.4 is 10.1 Å². The van der Waals surface area contributed by atoms with Gasteiger partial charge in [-0.1, -0.05) is 23.7 Å². The van der Waals surface area contributed by atoms with Gasteiger partial charge in [0.05, 0.1) is 29.9 Å². The molecule has 1 saturated heterocycles. The molecule has 1 amide bonds. The van der Waals surface area contributed by atoms with Crippen molar-refractivity contribution in [3.8, 4) is 5.75 Å². The summed E-state index contributed by atoms with van der Waals surface area (Å²) < 4.78 is 28.6. The Morgan fingerprint density at radius 2 is 2.04 bits per heavy atom. The van der Waals surface area contributed by atoms with Crippen molar-refractivity contribution in [3.63, 3.8) is 0 Å². The van der Waals surface area contributed by atoms with E-state index in [1.165, 1.54) is 18.9 Å². The number of amides is 1. The van der Waals surface area contributed by atoms with E-state index in [1.807, 2.05) is 12.1 Å². The molecule has 8 heteroatoms. The summed E-state index contributed by atoms with van der Waals surface area (Å²) in [6.07, 6.45) is 0.602. The summed E-state index contributed by atoms with van der Waals surface area (Å²) >= 11 is 7.44. The summed E-state index contributed by atoms with van der Waals surface area (Å²) in [7, 11) is -1.45. The second-order valence-electron chi connectivity index (χ2n) is 5.94. The molecule has 0 aliphatic carbocycles. The number of rotatable bonds is 5. The molecule has 1 aliphatic heterocycles. The Labute approximate surface area is 162 Å². The van der Waals surface area contributed by atoms with Crippen LogP contribution in [0.2, 0.25) is 5.02 Å². The van der Waals surface area contributed by atoms with Crippen LogP contribution in [0.25, 0.3) is 0 Å². The van der Waals surface area contributed by atoms with Crippen LogP contribution in [0.4, 0.5) is 5.69 Å². The first-order chi connectivity index (χ1) is 12.4. The van der Waals surface area contributed by atoms with E-state index in [-0.39, 0.29) is 22.7 Å². The monoisotopic (exact) mass is 411 g/mol. The van der Waals surface area contributed by atoms with E-state index in [4.69, 9.17) is 16.3 Å². The largest absolute Gasteiger partial charge is 0.495 e. The minimum Gasteiger partial charge on any atom is -0.495 e. The minimum absolute atomic E-state index is 0.0327. The molecule has 1 N–H and O–H groups in total. The minimum atomic E-state index is -2.96. The lowest BCUT2D eigenvalue weighted by Crippen LogP contribution is -2.14. The van der Waals surface area contributed by atoms with Gasteiger partial charge in [0.25, 0.3) is 5.91 Å². The van der Waals surface area contributed by atoms with Gasteiger partial charge in [0.2, 0.25) is 0 Å². The van der Waals surface area contributed by atoms with E-state index in [2.05, 4.69) is 5.32 Å². The van der Waals surface area contributed by atoms with Gasteiger partial charge in [-0.3, -0.25) is 4.79 Å². The molecule has 1 atom stereocenters. The predicted octanol–water partition coefficient (Wildman–Crippen LogP) is 3.88. The van der Waals surface area contributed by atoms with Crippen LogP contribution in [-0.2, 0) is 9.84 Å². The van der Waals surface area contributed by atoms with Crippen molar-refractivity contribution in [2.75, 3.05) is 23.9 Å². The number of carbonyl (C=O) groups excluding carboxylic acids is 1. The van der Waals surface area contributed by atoms with Gasteiger partial charge in [0.15, 0.2) is 9.84 Å². The van der Waals surface area contributed by atoms with Gasteiger partial charge in [0.1, 0.15) is 5.75 Å². The van der Waals surface area contributed by atoms with Gasteiger partial charge in [-0.25, -0.2) is 8.42 Å². The number of methoxy groups -OCH3 is 1. The molecule has 2 aromatic carbocycles. The van der Waals surface area contributed by atoms with E-state index >= 15 is 0 Å². The molecular formula is C18H18ClNO4S2. The van der Waals surface area contributed by atoms with Crippen LogP contribution >= 0.6 is 23.4 Å². The summed E-state index contributed by atoms with van der Waals surface area (Å²) in [6.45, 7) is 0. The maximum Gasteiger partial charge on any atom is 0.256 e. The number of benzene rings is 2. The third kappa shape index (κ3) is 4.52. The number of halogens is 1. The molecule has 0 bridgehead atoms. The van der Waals surface area contributed by atoms with Crippen LogP contribution in [0.1, 0.15) is 16.8 Å². The average molecular weight is 412 g/mol. The molecule has 5 nitrogen and oxygen atoms in total. The van der Waals surface area contributed by atoms with Crippen LogP contribution in [0, 0.1) is 0 Å². The van der Waals surface area contributed by atoms with Crippen molar-refractivity contribution in [1.29, 1.82) is 0 Å². The van der Waals surface area contributed by atoms with Crippen LogP contribution in [0.5, 0.6) is 5.75 Å². The van der Waals surface area contributed by atoms with Crippen LogP contribution in [0.15, 0.2) is 47.4 Å². The fourth-order valence-corrected chi connectivity index (χ4v) is 6.56. The molecule has 1 aliphatic rings. The Bertz CT molecular complexity index is 931. The molecule has 1 fully saturated rings. The van der Waals surface area contributed by atoms with E-state index in [0.717, 1.165) is 4.90 Å². The Hall–Kier alpha value is -1.70. The van der Waals surface area contributed by atoms with E-state index in [0.29, 0.717) is 28.4 Å². The highest BCUT2D eigenvalue weighted by molar-refractivity contribution is 8.02. The Balaban J connectivity index is 1.81. The van der Waals surface area contributed by atoms with Crippen LogP contribution in [-0.4, -0.2) is 38.2 Å². The number of hydrogen-bond donors (Lipinski definition) is 1. The fraction of sp³-hybridized carbons (Fsp3) is 0.278. The molecule has 0 aromatic heterocycles. The van der Waals surface area contributed by atoms with Gasteiger partial charge >= 0.3 is 0 Å². The quantitative estimate of drug-likeness (QED) is 0.808. The standard InChI is InChI=1S/C18H18ClNO4S2/c1-24-16-7-6-12(19)10-15(16)20-18(21)14-4-2-3-5-17(14)25-13-8-9-26(22,23)11-13/h2-7,10,13H,8-9,11H2,1H3,(H,20,21)/t13-/m0/s1. The SMILES string of the molecule is COc1ccc(Cl)cc1NC(=O)c1ccccc1S[C@H]1CCS(=O)(=O)C1. The van der Waals surface area contributed by atoms with Gasteiger partial charge in [0, 0.05) is 15.2 Å². The van der Waals surface area contributed by atoms with Gasteiger partial charge < -0.3 is 10.1 Å². The first-order valence-corrected chi connectivity index (χ1v) is 11.1. The molecule has 0 radical (unpaired) electrons. The molecule has 138 valence electrons. The lowest BCUT2D eigenvalue weighted by atomic mass is 10.2. The van der Waals surface area contributed by atoms with Crippen molar-refractivity contribution >= 4 is 44.8 Å². The van der Waals surface area contributed by atoms with Crippen molar-refractivity contribution in [1.82, 2.24) is 0 Å². The zero-order valence-corrected chi connectivity index (χ0v) is 16.5. The molecule has 1 heterocycles. The summed E-state index contributed by atoms with van der Waals surface area (Å²) in [5, 5.41) is 3.27. The summed E-state index contributed by atoms with van der Waals surface area (Å²) in [6, 6.07) is 12.2. The van der Waals surface area contributed by atoms with Crippen LogP contribution in [0.3, 0.4) is 0 Å². The first-order valence-electron chi connectivity index (χ1n) is 7.99. The molecular weight excluding hydrogens is 394 g/mol. The maximum absolute atomic E-state index is 12.8. The number of hydrogen-bond acceptors (Lipinski definition) is 5. The van der Waals surface area contributed by atoms with E-state index < -0.39 is 9.84 Å². The molecule has 26 heavy (non-hydrogen) atoms. The van der Waals surface area contributed by atoms with Gasteiger partial charge in [-0.05, 0) is 36.8 Å². The highest BCUT2D eigenvalue weighted by atomic mass is 35.5. The Kier molecular flexibility index (Phi) is 5.79. The molecule has 0 spiro atoms. The molecule has 3 rings (SSSR count). The number of thioether (sulfide) groups is 1. The predicted molar refractivity (Wildman–Crippen MR) is 105 cm³/mol. The number of ether oxygens (including phenoxy) is 1. The third-order valence-electron chi connectivity index (χ3n) is 4.03. The van der Waals surface area contributed by atoms with Crippen molar-refractivity contribution in [2.24, 2.45) is 0 Å². The first kappa shape index (κ1) is 19.1. The van der Waals surface area contributed by atoms with E-state index in [9.17, 15) is 13.2 Å². The number of sulfone groups is 1. The van der Waals surface area contributed by atoms with Gasteiger partial charge in [-0.2, -0.15) is 0 Å². The maximum atomic E-state index is 12.8.